The van der Waals surface area contributed by atoms with Crippen LogP contribution in [-0.4, -0.2) is 18.4 Å². The molecule has 0 fully saturated rings. The predicted octanol–water partition coefficient (Wildman–Crippen LogP) is 4.67. The van der Waals surface area contributed by atoms with E-state index < -0.39 is 0 Å². The van der Waals surface area contributed by atoms with Gasteiger partial charge < -0.3 is 4.74 Å². The standard InChI is InChI=1S/C16H25BrO2/c1-5-6-7-10-15(13(2)3)14(12-17)9-8-11-16(18)19-4/h5,8-9,11,13,15H,1,6-7,10,12H2,2-4H3/b11-8+,14-9-. The van der Waals surface area contributed by atoms with Crippen molar-refractivity contribution in [3.63, 3.8) is 0 Å². The van der Waals surface area contributed by atoms with E-state index in [9.17, 15) is 4.79 Å². The third-order valence-corrected chi connectivity index (χ3v) is 3.75. The number of unbranched alkanes of at least 4 members (excludes halogenated alkanes) is 1. The monoisotopic (exact) mass is 328 g/mol. The van der Waals surface area contributed by atoms with Crippen LogP contribution in [0.5, 0.6) is 0 Å². The summed E-state index contributed by atoms with van der Waals surface area (Å²) >= 11 is 3.54. The summed E-state index contributed by atoms with van der Waals surface area (Å²) in [7, 11) is 1.38. The predicted molar refractivity (Wildman–Crippen MR) is 85.4 cm³/mol. The molecule has 0 saturated carbocycles. The number of halogens is 1. The molecule has 0 aromatic heterocycles. The Bertz CT molecular complexity index is 330. The smallest absolute Gasteiger partial charge is 0.330 e. The molecular weight excluding hydrogens is 304 g/mol. The first-order chi connectivity index (χ1) is 9.06. The highest BCUT2D eigenvalue weighted by Gasteiger charge is 2.16. The summed E-state index contributed by atoms with van der Waals surface area (Å²) in [5.74, 6) is 0.791. The van der Waals surface area contributed by atoms with Crippen LogP contribution < -0.4 is 0 Å². The number of ether oxygens (including phenoxy) is 1. The maximum absolute atomic E-state index is 11.0. The molecule has 1 unspecified atom stereocenters. The molecule has 1 atom stereocenters. The molecule has 0 spiro atoms. The van der Waals surface area contributed by atoms with Gasteiger partial charge in [0.2, 0.25) is 0 Å². The highest BCUT2D eigenvalue weighted by atomic mass is 79.9. The zero-order valence-electron chi connectivity index (χ0n) is 12.2. The second-order valence-corrected chi connectivity index (χ2v) is 5.39. The van der Waals surface area contributed by atoms with Crippen molar-refractivity contribution in [3.05, 3.63) is 36.5 Å². The molecule has 0 aromatic carbocycles. The molecule has 0 aromatic rings. The lowest BCUT2D eigenvalue weighted by molar-refractivity contribution is -0.134. The van der Waals surface area contributed by atoms with Crippen molar-refractivity contribution in [2.75, 3.05) is 12.4 Å². The van der Waals surface area contributed by atoms with Gasteiger partial charge >= 0.3 is 5.97 Å². The fourth-order valence-corrected chi connectivity index (χ4v) is 2.62. The first kappa shape index (κ1) is 18.2. The van der Waals surface area contributed by atoms with Gasteiger partial charge in [0, 0.05) is 11.4 Å². The van der Waals surface area contributed by atoms with Crippen molar-refractivity contribution in [1.82, 2.24) is 0 Å². The lowest BCUT2D eigenvalue weighted by atomic mass is 9.84. The molecule has 0 saturated heterocycles. The van der Waals surface area contributed by atoms with Gasteiger partial charge in [-0.2, -0.15) is 0 Å². The number of hydrogen-bond donors (Lipinski definition) is 0. The summed E-state index contributed by atoms with van der Waals surface area (Å²) in [6.07, 6.45) is 10.5. The molecule has 0 rings (SSSR count). The van der Waals surface area contributed by atoms with Crippen molar-refractivity contribution in [3.8, 4) is 0 Å². The average molecular weight is 329 g/mol. The van der Waals surface area contributed by atoms with Crippen LogP contribution in [0.1, 0.15) is 33.1 Å². The molecule has 108 valence electrons. The van der Waals surface area contributed by atoms with Gasteiger partial charge in [0.15, 0.2) is 0 Å². The molecule has 0 N–H and O–H groups in total. The molecule has 0 heterocycles. The highest BCUT2D eigenvalue weighted by Crippen LogP contribution is 2.27. The van der Waals surface area contributed by atoms with Gasteiger partial charge in [-0.1, -0.05) is 53.6 Å². The molecular formula is C16H25BrO2. The van der Waals surface area contributed by atoms with Crippen molar-refractivity contribution in [1.29, 1.82) is 0 Å². The van der Waals surface area contributed by atoms with E-state index in [1.54, 1.807) is 6.08 Å². The van der Waals surface area contributed by atoms with Gasteiger partial charge in [0.25, 0.3) is 0 Å². The van der Waals surface area contributed by atoms with Crippen molar-refractivity contribution in [2.45, 2.75) is 33.1 Å². The Balaban J connectivity index is 4.72. The number of methoxy groups -OCH3 is 1. The minimum Gasteiger partial charge on any atom is -0.466 e. The van der Waals surface area contributed by atoms with E-state index in [1.807, 2.05) is 12.2 Å². The maximum Gasteiger partial charge on any atom is 0.330 e. The third-order valence-electron chi connectivity index (χ3n) is 3.10. The number of carbonyl (C=O) groups excluding carboxylic acids is 1. The third kappa shape index (κ3) is 8.04. The topological polar surface area (TPSA) is 26.3 Å². The zero-order valence-corrected chi connectivity index (χ0v) is 13.8. The first-order valence-electron chi connectivity index (χ1n) is 6.68. The van der Waals surface area contributed by atoms with Crippen molar-refractivity contribution < 1.29 is 9.53 Å². The average Bonchev–Trinajstić information content (AvgIpc) is 2.40. The van der Waals surface area contributed by atoms with E-state index in [1.165, 1.54) is 18.8 Å². The number of hydrogen-bond acceptors (Lipinski definition) is 2. The van der Waals surface area contributed by atoms with Crippen LogP contribution in [-0.2, 0) is 9.53 Å². The van der Waals surface area contributed by atoms with Crippen LogP contribution in [0.4, 0.5) is 0 Å². The summed E-state index contributed by atoms with van der Waals surface area (Å²) in [5, 5.41) is 0.829. The second-order valence-electron chi connectivity index (χ2n) is 4.83. The summed E-state index contributed by atoms with van der Waals surface area (Å²) in [6.45, 7) is 8.23. The van der Waals surface area contributed by atoms with Crippen LogP contribution in [0.15, 0.2) is 36.5 Å². The zero-order chi connectivity index (χ0) is 14.7. The Morgan fingerprint density at radius 1 is 1.42 bits per heavy atom. The maximum atomic E-state index is 11.0. The van der Waals surface area contributed by atoms with Crippen molar-refractivity contribution in [2.24, 2.45) is 11.8 Å². The van der Waals surface area contributed by atoms with E-state index in [0.717, 1.165) is 24.6 Å². The van der Waals surface area contributed by atoms with Gasteiger partial charge in [0.05, 0.1) is 7.11 Å². The van der Waals surface area contributed by atoms with E-state index in [4.69, 9.17) is 0 Å². The lowest BCUT2D eigenvalue weighted by Crippen LogP contribution is -2.13. The number of carbonyl (C=O) groups is 1. The Kier molecular flexibility index (Phi) is 10.6. The van der Waals surface area contributed by atoms with Crippen LogP contribution in [0, 0.1) is 11.8 Å². The molecule has 0 bridgehead atoms. The highest BCUT2D eigenvalue weighted by molar-refractivity contribution is 9.09. The Morgan fingerprint density at radius 3 is 2.58 bits per heavy atom. The lowest BCUT2D eigenvalue weighted by Gasteiger charge is -2.22. The fraction of sp³-hybridized carbons (Fsp3) is 0.562. The van der Waals surface area contributed by atoms with E-state index in [2.05, 4.69) is 41.1 Å². The van der Waals surface area contributed by atoms with Crippen LogP contribution in [0.2, 0.25) is 0 Å². The minimum atomic E-state index is -0.321. The number of rotatable bonds is 9. The molecule has 2 nitrogen and oxygen atoms in total. The van der Waals surface area contributed by atoms with Crippen LogP contribution >= 0.6 is 15.9 Å². The molecule has 0 aliphatic rings. The molecule has 0 aliphatic carbocycles. The van der Waals surface area contributed by atoms with Crippen LogP contribution in [0.25, 0.3) is 0 Å². The fourth-order valence-electron chi connectivity index (χ4n) is 2.01. The Labute approximate surface area is 125 Å². The molecule has 0 radical (unpaired) electrons. The van der Waals surface area contributed by atoms with Crippen LogP contribution in [0.3, 0.4) is 0 Å². The summed E-state index contributed by atoms with van der Waals surface area (Å²) in [5.41, 5.74) is 1.32. The molecule has 19 heavy (non-hydrogen) atoms. The number of alkyl halides is 1. The SMILES string of the molecule is C=CCCCC(/C(=C\C=C\C(=O)OC)CBr)C(C)C. The number of allylic oxidation sites excluding steroid dienone is 4. The number of esters is 1. The summed E-state index contributed by atoms with van der Waals surface area (Å²) in [6, 6.07) is 0. The van der Waals surface area contributed by atoms with Gasteiger partial charge in [0.1, 0.15) is 0 Å². The Morgan fingerprint density at radius 2 is 2.11 bits per heavy atom. The van der Waals surface area contributed by atoms with E-state index in [0.29, 0.717) is 11.8 Å². The molecule has 0 amide bonds. The van der Waals surface area contributed by atoms with Gasteiger partial charge in [-0.3, -0.25) is 0 Å². The first-order valence-corrected chi connectivity index (χ1v) is 7.80. The van der Waals surface area contributed by atoms with E-state index in [-0.39, 0.29) is 5.97 Å². The normalized spacial score (nSPS) is 13.8. The van der Waals surface area contributed by atoms with Gasteiger partial charge in [-0.05, 0) is 31.1 Å². The van der Waals surface area contributed by atoms with Gasteiger partial charge in [-0.15, -0.1) is 6.58 Å². The molecule has 0 aliphatic heterocycles. The Hall–Kier alpha value is -0.830. The van der Waals surface area contributed by atoms with E-state index >= 15 is 0 Å². The largest absolute Gasteiger partial charge is 0.466 e. The minimum absolute atomic E-state index is 0.321. The van der Waals surface area contributed by atoms with Crippen molar-refractivity contribution >= 4 is 21.9 Å². The summed E-state index contributed by atoms with van der Waals surface area (Å²) < 4.78 is 4.58. The molecule has 3 heteroatoms. The van der Waals surface area contributed by atoms with Gasteiger partial charge in [-0.25, -0.2) is 4.79 Å². The second kappa shape index (κ2) is 11.0. The quantitative estimate of drug-likeness (QED) is 0.153. The summed E-state index contributed by atoms with van der Waals surface area (Å²) in [4.78, 5) is 11.0.